The quantitative estimate of drug-likeness (QED) is 0.849. The van der Waals surface area contributed by atoms with Crippen molar-refractivity contribution in [3.05, 3.63) is 66.0 Å². The first-order chi connectivity index (χ1) is 7.68. The minimum absolute atomic E-state index is 0.414. The number of pyridine rings is 1. The molecule has 1 aromatic heterocycles. The lowest BCUT2D eigenvalue weighted by atomic mass is 9.90. The zero-order valence-corrected chi connectivity index (χ0v) is 9.43. The number of rotatable bonds is 3. The Morgan fingerprint density at radius 2 is 1.75 bits per heavy atom. The second kappa shape index (κ2) is 4.45. The summed E-state index contributed by atoms with van der Waals surface area (Å²) >= 11 is 0. The lowest BCUT2D eigenvalue weighted by molar-refractivity contribution is 0.476. The van der Waals surface area contributed by atoms with Crippen LogP contribution in [0, 0.1) is 0 Å². The van der Waals surface area contributed by atoms with Crippen LogP contribution in [0.15, 0.2) is 54.7 Å². The van der Waals surface area contributed by atoms with E-state index in [9.17, 15) is 0 Å². The predicted molar refractivity (Wildman–Crippen MR) is 65.9 cm³/mol. The molecule has 2 aromatic rings. The molecule has 2 rings (SSSR count). The topological polar surface area (TPSA) is 38.9 Å². The smallest absolute Gasteiger partial charge is 0.0602 e. The summed E-state index contributed by atoms with van der Waals surface area (Å²) in [5, 5.41) is 0. The second-order valence-electron chi connectivity index (χ2n) is 4.29. The maximum Gasteiger partial charge on any atom is 0.0602 e. The fourth-order valence-corrected chi connectivity index (χ4v) is 1.81. The summed E-state index contributed by atoms with van der Waals surface area (Å²) in [6, 6.07) is 16.1. The van der Waals surface area contributed by atoms with E-state index in [0.717, 1.165) is 12.1 Å². The maximum atomic E-state index is 6.31. The molecule has 0 saturated heterocycles. The summed E-state index contributed by atoms with van der Waals surface area (Å²) in [6.07, 6.45) is 2.58. The van der Waals surface area contributed by atoms with Gasteiger partial charge >= 0.3 is 0 Å². The number of nitrogens with zero attached hydrogens (tertiary/aromatic N) is 1. The molecular weight excluding hydrogens is 196 g/mol. The third-order valence-electron chi connectivity index (χ3n) is 2.66. The predicted octanol–water partition coefficient (Wildman–Crippen LogP) is 2.50. The van der Waals surface area contributed by atoms with Gasteiger partial charge in [0.1, 0.15) is 0 Å². The standard InChI is InChI=1S/C14H16N2/c1-14(15,13-9-5-6-10-16-13)11-12-7-3-2-4-8-12/h2-10H,11,15H2,1H3/t14-/m0/s1. The minimum atomic E-state index is -0.414. The minimum Gasteiger partial charge on any atom is -0.320 e. The number of hydrogen-bond acceptors (Lipinski definition) is 2. The van der Waals surface area contributed by atoms with E-state index in [1.165, 1.54) is 5.56 Å². The normalized spacial score (nSPS) is 14.4. The molecule has 0 aliphatic carbocycles. The van der Waals surface area contributed by atoms with E-state index in [1.807, 2.05) is 43.3 Å². The van der Waals surface area contributed by atoms with E-state index in [-0.39, 0.29) is 0 Å². The summed E-state index contributed by atoms with van der Waals surface area (Å²) in [5.74, 6) is 0. The Balaban J connectivity index is 2.21. The molecule has 0 spiro atoms. The van der Waals surface area contributed by atoms with Gasteiger partial charge in [-0.2, -0.15) is 0 Å². The monoisotopic (exact) mass is 212 g/mol. The first-order valence-electron chi connectivity index (χ1n) is 5.43. The Bertz CT molecular complexity index is 435. The van der Waals surface area contributed by atoms with Gasteiger partial charge in [-0.1, -0.05) is 36.4 Å². The zero-order chi connectivity index (χ0) is 11.4. The van der Waals surface area contributed by atoms with Crippen molar-refractivity contribution in [3.8, 4) is 0 Å². The molecule has 0 aliphatic rings. The van der Waals surface area contributed by atoms with Crippen LogP contribution in [0.25, 0.3) is 0 Å². The van der Waals surface area contributed by atoms with E-state index >= 15 is 0 Å². The molecule has 1 atom stereocenters. The third kappa shape index (κ3) is 2.47. The molecule has 0 fully saturated rings. The van der Waals surface area contributed by atoms with Gasteiger partial charge in [0.2, 0.25) is 0 Å². The largest absolute Gasteiger partial charge is 0.320 e. The molecule has 0 aliphatic heterocycles. The molecule has 82 valence electrons. The number of nitrogens with two attached hydrogens (primary N) is 1. The number of aromatic nitrogens is 1. The molecule has 0 radical (unpaired) electrons. The molecule has 2 heteroatoms. The van der Waals surface area contributed by atoms with Gasteiger partial charge in [0.05, 0.1) is 11.2 Å². The fourth-order valence-electron chi connectivity index (χ4n) is 1.81. The van der Waals surface area contributed by atoms with E-state index < -0.39 is 5.54 Å². The van der Waals surface area contributed by atoms with Gasteiger partial charge in [0.25, 0.3) is 0 Å². The summed E-state index contributed by atoms with van der Waals surface area (Å²) < 4.78 is 0. The van der Waals surface area contributed by atoms with Crippen molar-refractivity contribution in [1.82, 2.24) is 4.98 Å². The fraction of sp³-hybridized carbons (Fsp3) is 0.214. The molecular formula is C14H16N2. The maximum absolute atomic E-state index is 6.31. The van der Waals surface area contributed by atoms with Crippen molar-refractivity contribution in [3.63, 3.8) is 0 Å². The molecule has 0 amide bonds. The second-order valence-corrected chi connectivity index (χ2v) is 4.29. The van der Waals surface area contributed by atoms with Crippen LogP contribution in [0.5, 0.6) is 0 Å². The Hall–Kier alpha value is -1.67. The van der Waals surface area contributed by atoms with Crippen LogP contribution in [0.1, 0.15) is 18.2 Å². The lowest BCUT2D eigenvalue weighted by Crippen LogP contribution is -2.36. The van der Waals surface area contributed by atoms with E-state index in [4.69, 9.17) is 5.73 Å². The van der Waals surface area contributed by atoms with Crippen molar-refractivity contribution < 1.29 is 0 Å². The first kappa shape index (κ1) is 10.8. The van der Waals surface area contributed by atoms with Crippen LogP contribution in [0.3, 0.4) is 0 Å². The van der Waals surface area contributed by atoms with Gasteiger partial charge in [0, 0.05) is 6.20 Å². The SMILES string of the molecule is C[C@](N)(Cc1ccccc1)c1ccccn1. The van der Waals surface area contributed by atoms with Gasteiger partial charge in [0.15, 0.2) is 0 Å². The zero-order valence-electron chi connectivity index (χ0n) is 9.43. The van der Waals surface area contributed by atoms with E-state index in [1.54, 1.807) is 6.20 Å². The van der Waals surface area contributed by atoms with Crippen LogP contribution in [0.4, 0.5) is 0 Å². The Kier molecular flexibility index (Phi) is 3.02. The molecule has 0 saturated carbocycles. The Labute approximate surface area is 96.1 Å². The van der Waals surface area contributed by atoms with Crippen molar-refractivity contribution >= 4 is 0 Å². The van der Waals surface area contributed by atoms with Crippen molar-refractivity contribution in [2.24, 2.45) is 5.73 Å². The lowest BCUT2D eigenvalue weighted by Gasteiger charge is -2.24. The van der Waals surface area contributed by atoms with Gasteiger partial charge < -0.3 is 5.73 Å². The van der Waals surface area contributed by atoms with Gasteiger partial charge in [-0.3, -0.25) is 4.98 Å². The molecule has 2 nitrogen and oxygen atoms in total. The van der Waals surface area contributed by atoms with Crippen molar-refractivity contribution in [2.75, 3.05) is 0 Å². The van der Waals surface area contributed by atoms with Crippen LogP contribution < -0.4 is 5.73 Å². The summed E-state index contributed by atoms with van der Waals surface area (Å²) in [6.45, 7) is 2.02. The van der Waals surface area contributed by atoms with Crippen molar-refractivity contribution in [2.45, 2.75) is 18.9 Å². The summed E-state index contributed by atoms with van der Waals surface area (Å²) in [5.41, 5.74) is 8.06. The molecule has 1 heterocycles. The highest BCUT2D eigenvalue weighted by atomic mass is 14.8. The highest BCUT2D eigenvalue weighted by Crippen LogP contribution is 2.20. The van der Waals surface area contributed by atoms with Gasteiger partial charge in [-0.25, -0.2) is 0 Å². The van der Waals surface area contributed by atoms with E-state index in [2.05, 4.69) is 17.1 Å². The van der Waals surface area contributed by atoms with Crippen LogP contribution in [-0.4, -0.2) is 4.98 Å². The molecule has 0 unspecified atom stereocenters. The highest BCUT2D eigenvalue weighted by molar-refractivity contribution is 5.22. The average Bonchev–Trinajstić information content (AvgIpc) is 2.31. The van der Waals surface area contributed by atoms with Crippen LogP contribution >= 0.6 is 0 Å². The number of hydrogen-bond donors (Lipinski definition) is 1. The van der Waals surface area contributed by atoms with Gasteiger partial charge in [-0.05, 0) is 31.0 Å². The molecule has 1 aromatic carbocycles. The van der Waals surface area contributed by atoms with Crippen LogP contribution in [-0.2, 0) is 12.0 Å². The molecule has 16 heavy (non-hydrogen) atoms. The van der Waals surface area contributed by atoms with Gasteiger partial charge in [-0.15, -0.1) is 0 Å². The highest BCUT2D eigenvalue weighted by Gasteiger charge is 2.22. The third-order valence-corrected chi connectivity index (χ3v) is 2.66. The summed E-state index contributed by atoms with van der Waals surface area (Å²) in [7, 11) is 0. The average molecular weight is 212 g/mol. The molecule has 2 N–H and O–H groups in total. The summed E-state index contributed by atoms with van der Waals surface area (Å²) in [4.78, 5) is 4.32. The Morgan fingerprint density at radius 1 is 1.06 bits per heavy atom. The van der Waals surface area contributed by atoms with Crippen molar-refractivity contribution in [1.29, 1.82) is 0 Å². The Morgan fingerprint density at radius 3 is 2.38 bits per heavy atom. The first-order valence-corrected chi connectivity index (χ1v) is 5.43. The number of benzene rings is 1. The van der Waals surface area contributed by atoms with E-state index in [0.29, 0.717) is 0 Å². The molecule has 0 bridgehead atoms. The van der Waals surface area contributed by atoms with Crippen LogP contribution in [0.2, 0.25) is 0 Å².